The number of carbonyl (C=O) groups excluding carboxylic acids is 1. The molecular formula is C4H10ClN3OS. The van der Waals surface area contributed by atoms with Crippen molar-refractivity contribution in [2.45, 2.75) is 6.17 Å². The number of thioether (sulfide) groups is 1. The number of hydrogen-bond donors (Lipinski definition) is 3. The van der Waals surface area contributed by atoms with Crippen LogP contribution in [0.15, 0.2) is 0 Å². The van der Waals surface area contributed by atoms with E-state index in [-0.39, 0.29) is 18.6 Å². The summed E-state index contributed by atoms with van der Waals surface area (Å²) in [4.78, 5) is 10.2. The number of nitrogens with one attached hydrogen (secondary N) is 2. The van der Waals surface area contributed by atoms with E-state index in [9.17, 15) is 4.79 Å². The lowest BCUT2D eigenvalue weighted by molar-refractivity contribution is 0.245. The maximum absolute atomic E-state index is 10.2. The smallest absolute Gasteiger partial charge is 0.313 e. The van der Waals surface area contributed by atoms with Crippen LogP contribution in [0.25, 0.3) is 0 Å². The molecule has 0 aliphatic carbocycles. The Labute approximate surface area is 69.7 Å². The Morgan fingerprint density at radius 3 is 2.90 bits per heavy atom. The number of urea groups is 1. The van der Waals surface area contributed by atoms with Gasteiger partial charge in [0.2, 0.25) is 0 Å². The van der Waals surface area contributed by atoms with Gasteiger partial charge in [0.25, 0.3) is 0 Å². The van der Waals surface area contributed by atoms with Crippen molar-refractivity contribution < 1.29 is 4.79 Å². The summed E-state index contributed by atoms with van der Waals surface area (Å²) in [7, 11) is 0. The zero-order chi connectivity index (χ0) is 6.69. The third kappa shape index (κ3) is 3.14. The predicted octanol–water partition coefficient (Wildman–Crippen LogP) is -0.304. The molecule has 4 nitrogen and oxygen atoms in total. The number of primary amides is 1. The van der Waals surface area contributed by atoms with E-state index < -0.39 is 6.03 Å². The first-order chi connectivity index (χ1) is 4.29. The van der Waals surface area contributed by atoms with E-state index in [1.165, 1.54) is 0 Å². The Bertz CT molecular complexity index is 117. The monoisotopic (exact) mass is 183 g/mol. The molecule has 0 radical (unpaired) electrons. The summed E-state index contributed by atoms with van der Waals surface area (Å²) in [6.07, 6.45) is 0.0764. The largest absolute Gasteiger partial charge is 0.352 e. The number of hydrogen-bond acceptors (Lipinski definition) is 3. The van der Waals surface area contributed by atoms with Crippen molar-refractivity contribution in [1.82, 2.24) is 10.6 Å². The van der Waals surface area contributed by atoms with Crippen molar-refractivity contribution in [3.63, 3.8) is 0 Å². The third-order valence-electron chi connectivity index (χ3n) is 1.03. The second kappa shape index (κ2) is 4.65. The number of halogens is 1. The van der Waals surface area contributed by atoms with Crippen LogP contribution in [0.1, 0.15) is 0 Å². The molecule has 1 atom stereocenters. The van der Waals surface area contributed by atoms with Crippen LogP contribution >= 0.6 is 24.2 Å². The highest BCUT2D eigenvalue weighted by atomic mass is 35.5. The molecule has 1 rings (SSSR count). The van der Waals surface area contributed by atoms with Gasteiger partial charge < -0.3 is 11.1 Å². The zero-order valence-electron chi connectivity index (χ0n) is 5.29. The maximum atomic E-state index is 10.2. The first kappa shape index (κ1) is 9.87. The molecule has 0 aromatic heterocycles. The quantitative estimate of drug-likeness (QED) is 0.523. The van der Waals surface area contributed by atoms with E-state index in [4.69, 9.17) is 5.73 Å². The van der Waals surface area contributed by atoms with Gasteiger partial charge in [0.05, 0.1) is 6.17 Å². The molecule has 1 heterocycles. The average Bonchev–Trinajstić information content (AvgIpc) is 2.15. The van der Waals surface area contributed by atoms with E-state index in [0.717, 1.165) is 11.6 Å². The van der Waals surface area contributed by atoms with Crippen LogP contribution in [0.5, 0.6) is 0 Å². The predicted molar refractivity (Wildman–Crippen MR) is 44.2 cm³/mol. The fourth-order valence-corrected chi connectivity index (χ4v) is 1.53. The topological polar surface area (TPSA) is 67.2 Å². The summed E-state index contributed by atoms with van der Waals surface area (Å²) in [5.41, 5.74) is 4.87. The average molecular weight is 184 g/mol. The number of amides is 2. The minimum Gasteiger partial charge on any atom is -0.352 e. The SMILES string of the molecule is Cl.NC(=O)NC1CSCN1. The number of carbonyl (C=O) groups is 1. The molecule has 60 valence electrons. The van der Waals surface area contributed by atoms with Crippen molar-refractivity contribution in [2.75, 3.05) is 11.6 Å². The Hall–Kier alpha value is -0.130. The van der Waals surface area contributed by atoms with Gasteiger partial charge in [0.1, 0.15) is 0 Å². The van der Waals surface area contributed by atoms with Gasteiger partial charge in [-0.2, -0.15) is 0 Å². The highest BCUT2D eigenvalue weighted by Crippen LogP contribution is 2.06. The third-order valence-corrected chi connectivity index (χ3v) is 1.97. The molecule has 1 fully saturated rings. The fraction of sp³-hybridized carbons (Fsp3) is 0.750. The summed E-state index contributed by atoms with van der Waals surface area (Å²) in [6, 6.07) is -0.463. The van der Waals surface area contributed by atoms with Crippen molar-refractivity contribution in [3.05, 3.63) is 0 Å². The van der Waals surface area contributed by atoms with E-state index >= 15 is 0 Å². The second-order valence-corrected chi connectivity index (χ2v) is 2.81. The first-order valence-electron chi connectivity index (χ1n) is 2.66. The van der Waals surface area contributed by atoms with E-state index in [1.807, 2.05) is 0 Å². The molecule has 10 heavy (non-hydrogen) atoms. The van der Waals surface area contributed by atoms with Crippen molar-refractivity contribution >= 4 is 30.2 Å². The molecule has 1 aliphatic rings. The Balaban J connectivity index is 0.000000810. The van der Waals surface area contributed by atoms with Gasteiger partial charge in [-0.25, -0.2) is 4.79 Å². The molecule has 4 N–H and O–H groups in total. The minimum absolute atomic E-state index is 0. The van der Waals surface area contributed by atoms with Gasteiger partial charge >= 0.3 is 6.03 Å². The summed E-state index contributed by atoms with van der Waals surface area (Å²) >= 11 is 1.74. The van der Waals surface area contributed by atoms with Crippen LogP contribution in [0.2, 0.25) is 0 Å². The van der Waals surface area contributed by atoms with Crippen molar-refractivity contribution in [1.29, 1.82) is 0 Å². The molecular weight excluding hydrogens is 174 g/mol. The fourth-order valence-electron chi connectivity index (χ4n) is 0.660. The van der Waals surface area contributed by atoms with Gasteiger partial charge in [0, 0.05) is 11.6 Å². The second-order valence-electron chi connectivity index (χ2n) is 1.78. The lowest BCUT2D eigenvalue weighted by Crippen LogP contribution is -2.45. The molecule has 1 aliphatic heterocycles. The minimum atomic E-state index is -0.463. The normalized spacial score (nSPS) is 23.4. The zero-order valence-corrected chi connectivity index (χ0v) is 6.93. The standard InChI is InChI=1S/C4H9N3OS.ClH/c5-4(8)7-3-1-9-2-6-3;/h3,6H,1-2H2,(H3,5,7,8);1H. The molecule has 0 aromatic rings. The van der Waals surface area contributed by atoms with Crippen LogP contribution in [0, 0.1) is 0 Å². The van der Waals surface area contributed by atoms with Gasteiger partial charge in [-0.1, -0.05) is 0 Å². The lowest BCUT2D eigenvalue weighted by atomic mass is 10.6. The molecule has 0 aromatic carbocycles. The van der Waals surface area contributed by atoms with E-state index in [1.54, 1.807) is 11.8 Å². The van der Waals surface area contributed by atoms with Crippen LogP contribution in [-0.4, -0.2) is 23.8 Å². The molecule has 1 unspecified atom stereocenters. The summed E-state index contributed by atoms with van der Waals surface area (Å²) in [5.74, 6) is 1.80. The lowest BCUT2D eigenvalue weighted by Gasteiger charge is -2.07. The highest BCUT2D eigenvalue weighted by Gasteiger charge is 2.14. The Morgan fingerprint density at radius 1 is 1.80 bits per heavy atom. The van der Waals surface area contributed by atoms with Crippen molar-refractivity contribution in [2.24, 2.45) is 5.73 Å². The summed E-state index contributed by atoms with van der Waals surface area (Å²) < 4.78 is 0. The van der Waals surface area contributed by atoms with Crippen LogP contribution in [-0.2, 0) is 0 Å². The molecule has 0 bridgehead atoms. The first-order valence-corrected chi connectivity index (χ1v) is 3.81. The van der Waals surface area contributed by atoms with Gasteiger partial charge in [-0.3, -0.25) is 5.32 Å². The molecule has 1 saturated heterocycles. The summed E-state index contributed by atoms with van der Waals surface area (Å²) in [5, 5.41) is 5.59. The van der Waals surface area contributed by atoms with Gasteiger partial charge in [-0.15, -0.1) is 24.2 Å². The Morgan fingerprint density at radius 2 is 2.50 bits per heavy atom. The van der Waals surface area contributed by atoms with Crippen LogP contribution < -0.4 is 16.4 Å². The number of rotatable bonds is 1. The van der Waals surface area contributed by atoms with Gasteiger partial charge in [0.15, 0.2) is 0 Å². The molecule has 6 heteroatoms. The number of nitrogens with two attached hydrogens (primary N) is 1. The molecule has 0 spiro atoms. The molecule has 0 saturated carbocycles. The maximum Gasteiger partial charge on any atom is 0.313 e. The van der Waals surface area contributed by atoms with Crippen LogP contribution in [0.3, 0.4) is 0 Å². The van der Waals surface area contributed by atoms with Crippen LogP contribution in [0.4, 0.5) is 4.79 Å². The highest BCUT2D eigenvalue weighted by molar-refractivity contribution is 7.99. The van der Waals surface area contributed by atoms with E-state index in [0.29, 0.717) is 0 Å². The molecule has 2 amide bonds. The van der Waals surface area contributed by atoms with Gasteiger partial charge in [-0.05, 0) is 0 Å². The summed E-state index contributed by atoms with van der Waals surface area (Å²) in [6.45, 7) is 0. The Kier molecular flexibility index (Phi) is 4.59. The van der Waals surface area contributed by atoms with E-state index in [2.05, 4.69) is 10.6 Å². The van der Waals surface area contributed by atoms with Crippen molar-refractivity contribution in [3.8, 4) is 0 Å².